The molecule has 0 saturated carbocycles. The lowest BCUT2D eigenvalue weighted by Crippen LogP contribution is -2.03. The average Bonchev–Trinajstić information content (AvgIpc) is 2.96. The lowest BCUT2D eigenvalue weighted by atomic mass is 10.2. The van der Waals surface area contributed by atoms with Crippen molar-refractivity contribution < 1.29 is 4.42 Å². The molecule has 6 nitrogen and oxygen atoms in total. The minimum Gasteiger partial charge on any atom is -0.469 e. The Labute approximate surface area is 103 Å². The molecule has 0 fully saturated rings. The molecule has 0 aliphatic carbocycles. The van der Waals surface area contributed by atoms with Gasteiger partial charge in [0, 0.05) is 23.9 Å². The number of rotatable bonds is 2. The van der Waals surface area contributed by atoms with E-state index in [-0.39, 0.29) is 0 Å². The third-order valence-corrected chi connectivity index (χ3v) is 2.66. The normalized spacial score (nSPS) is 10.7. The first-order valence-electron chi connectivity index (χ1n) is 5.42. The Balaban J connectivity index is 2.10. The van der Waals surface area contributed by atoms with Crippen molar-refractivity contribution in [3.8, 4) is 17.1 Å². The molecule has 3 heterocycles. The Bertz CT molecular complexity index is 671. The van der Waals surface area contributed by atoms with E-state index < -0.39 is 0 Å². The summed E-state index contributed by atoms with van der Waals surface area (Å²) in [5.41, 5.74) is 7.63. The summed E-state index contributed by atoms with van der Waals surface area (Å²) in [4.78, 5) is 7.98. The van der Waals surface area contributed by atoms with Crippen LogP contribution in [0.4, 0.5) is 5.82 Å². The van der Waals surface area contributed by atoms with Crippen LogP contribution in [0.1, 0.15) is 5.76 Å². The number of hydrogen-bond donors (Lipinski definition) is 1. The Morgan fingerprint density at radius 1 is 1.33 bits per heavy atom. The van der Waals surface area contributed by atoms with Crippen LogP contribution in [0.25, 0.3) is 17.1 Å². The fourth-order valence-corrected chi connectivity index (χ4v) is 1.77. The maximum Gasteiger partial charge on any atom is 0.159 e. The smallest absolute Gasteiger partial charge is 0.159 e. The first-order chi connectivity index (χ1) is 8.75. The van der Waals surface area contributed by atoms with Gasteiger partial charge in [-0.2, -0.15) is 9.78 Å². The zero-order chi connectivity index (χ0) is 12.5. The second kappa shape index (κ2) is 3.99. The van der Waals surface area contributed by atoms with Crippen molar-refractivity contribution in [3.05, 3.63) is 42.7 Å². The Morgan fingerprint density at radius 2 is 2.22 bits per heavy atom. The van der Waals surface area contributed by atoms with Crippen molar-refractivity contribution in [2.45, 2.75) is 6.92 Å². The Hall–Kier alpha value is -2.63. The first kappa shape index (κ1) is 10.5. The van der Waals surface area contributed by atoms with Gasteiger partial charge < -0.3 is 10.2 Å². The van der Waals surface area contributed by atoms with E-state index in [0.29, 0.717) is 11.6 Å². The SMILES string of the molecule is Cc1occc1-c1cc(N)n(-c2ccncn2)n1. The van der Waals surface area contributed by atoms with E-state index >= 15 is 0 Å². The van der Waals surface area contributed by atoms with Gasteiger partial charge in [0.15, 0.2) is 5.82 Å². The van der Waals surface area contributed by atoms with E-state index in [4.69, 9.17) is 10.2 Å². The Morgan fingerprint density at radius 3 is 2.89 bits per heavy atom. The van der Waals surface area contributed by atoms with E-state index in [2.05, 4.69) is 15.1 Å². The van der Waals surface area contributed by atoms with Crippen LogP contribution in [-0.4, -0.2) is 19.7 Å². The average molecular weight is 241 g/mol. The van der Waals surface area contributed by atoms with Crippen LogP contribution in [0, 0.1) is 6.92 Å². The van der Waals surface area contributed by atoms with Gasteiger partial charge in [-0.25, -0.2) is 9.97 Å². The number of nitrogens with zero attached hydrogens (tertiary/aromatic N) is 4. The van der Waals surface area contributed by atoms with Crippen molar-refractivity contribution in [1.82, 2.24) is 19.7 Å². The highest BCUT2D eigenvalue weighted by Gasteiger charge is 2.12. The fourth-order valence-electron chi connectivity index (χ4n) is 1.77. The number of nitrogens with two attached hydrogens (primary N) is 1. The largest absolute Gasteiger partial charge is 0.469 e. The molecule has 0 unspecified atom stereocenters. The molecule has 2 N–H and O–H groups in total. The van der Waals surface area contributed by atoms with E-state index in [9.17, 15) is 0 Å². The van der Waals surface area contributed by atoms with Gasteiger partial charge >= 0.3 is 0 Å². The second-order valence-corrected chi connectivity index (χ2v) is 3.82. The summed E-state index contributed by atoms with van der Waals surface area (Å²) < 4.78 is 6.83. The summed E-state index contributed by atoms with van der Waals surface area (Å²) in [6.07, 6.45) is 4.73. The summed E-state index contributed by atoms with van der Waals surface area (Å²) in [7, 11) is 0. The molecule has 3 aromatic heterocycles. The number of aryl methyl sites for hydroxylation is 1. The molecule has 6 heteroatoms. The van der Waals surface area contributed by atoms with Crippen molar-refractivity contribution in [1.29, 1.82) is 0 Å². The van der Waals surface area contributed by atoms with E-state index in [1.165, 1.54) is 6.33 Å². The molecule has 18 heavy (non-hydrogen) atoms. The molecule has 90 valence electrons. The summed E-state index contributed by atoms with van der Waals surface area (Å²) >= 11 is 0. The molecule has 0 amide bonds. The summed E-state index contributed by atoms with van der Waals surface area (Å²) in [6.45, 7) is 1.88. The third kappa shape index (κ3) is 1.64. The standard InChI is InChI=1S/C12H11N5O/c1-8-9(3-5-18-8)10-6-11(13)17(16-10)12-2-4-14-7-15-12/h2-7H,13H2,1H3. The molecule has 0 saturated heterocycles. The highest BCUT2D eigenvalue weighted by molar-refractivity contribution is 5.64. The highest BCUT2D eigenvalue weighted by atomic mass is 16.3. The maximum atomic E-state index is 5.94. The molecule has 3 rings (SSSR count). The lowest BCUT2D eigenvalue weighted by Gasteiger charge is -2.00. The minimum atomic E-state index is 0.518. The number of nitrogen functional groups attached to an aromatic ring is 1. The van der Waals surface area contributed by atoms with Gasteiger partial charge in [0.2, 0.25) is 0 Å². The molecule has 0 atom stereocenters. The van der Waals surface area contributed by atoms with Gasteiger partial charge in [0.1, 0.15) is 17.9 Å². The van der Waals surface area contributed by atoms with E-state index in [0.717, 1.165) is 17.0 Å². The van der Waals surface area contributed by atoms with E-state index in [1.807, 2.05) is 13.0 Å². The zero-order valence-electron chi connectivity index (χ0n) is 9.74. The number of aromatic nitrogens is 4. The fraction of sp³-hybridized carbons (Fsp3) is 0.0833. The number of anilines is 1. The zero-order valence-corrected chi connectivity index (χ0v) is 9.74. The molecule has 0 aliphatic rings. The molecule has 0 radical (unpaired) electrons. The van der Waals surface area contributed by atoms with Crippen LogP contribution in [0.3, 0.4) is 0 Å². The van der Waals surface area contributed by atoms with Gasteiger partial charge in [-0.3, -0.25) is 0 Å². The van der Waals surface area contributed by atoms with Crippen LogP contribution in [0.15, 0.2) is 41.4 Å². The molecule has 0 aromatic carbocycles. The second-order valence-electron chi connectivity index (χ2n) is 3.82. The molecular weight excluding hydrogens is 230 g/mol. The van der Waals surface area contributed by atoms with Crippen molar-refractivity contribution >= 4 is 5.82 Å². The summed E-state index contributed by atoms with van der Waals surface area (Å²) in [5.74, 6) is 1.96. The summed E-state index contributed by atoms with van der Waals surface area (Å²) in [6, 6.07) is 5.40. The third-order valence-electron chi connectivity index (χ3n) is 2.66. The first-order valence-corrected chi connectivity index (χ1v) is 5.42. The molecule has 0 aliphatic heterocycles. The van der Waals surface area contributed by atoms with Gasteiger partial charge in [-0.1, -0.05) is 0 Å². The van der Waals surface area contributed by atoms with Crippen LogP contribution in [-0.2, 0) is 0 Å². The van der Waals surface area contributed by atoms with Crippen LogP contribution < -0.4 is 5.73 Å². The molecule has 0 bridgehead atoms. The maximum absolute atomic E-state index is 5.94. The predicted molar refractivity (Wildman–Crippen MR) is 66.0 cm³/mol. The topological polar surface area (TPSA) is 82.8 Å². The van der Waals surface area contributed by atoms with Crippen molar-refractivity contribution in [3.63, 3.8) is 0 Å². The van der Waals surface area contributed by atoms with Gasteiger partial charge in [0.25, 0.3) is 0 Å². The number of furan rings is 1. The summed E-state index contributed by atoms with van der Waals surface area (Å²) in [5, 5.41) is 4.42. The van der Waals surface area contributed by atoms with Crippen LogP contribution in [0.5, 0.6) is 0 Å². The van der Waals surface area contributed by atoms with Gasteiger partial charge in [-0.15, -0.1) is 0 Å². The molecule has 0 spiro atoms. The van der Waals surface area contributed by atoms with Gasteiger partial charge in [0.05, 0.1) is 12.0 Å². The lowest BCUT2D eigenvalue weighted by molar-refractivity contribution is 0.535. The van der Waals surface area contributed by atoms with Crippen LogP contribution >= 0.6 is 0 Å². The van der Waals surface area contributed by atoms with Crippen molar-refractivity contribution in [2.24, 2.45) is 0 Å². The quantitative estimate of drug-likeness (QED) is 0.739. The molecular formula is C12H11N5O. The predicted octanol–water partition coefficient (Wildman–Crippen LogP) is 1.81. The highest BCUT2D eigenvalue weighted by Crippen LogP contribution is 2.25. The van der Waals surface area contributed by atoms with Gasteiger partial charge in [-0.05, 0) is 13.0 Å². The minimum absolute atomic E-state index is 0.518. The van der Waals surface area contributed by atoms with Crippen molar-refractivity contribution in [2.75, 3.05) is 5.73 Å². The Kier molecular flexibility index (Phi) is 2.33. The molecule has 3 aromatic rings. The van der Waals surface area contributed by atoms with E-state index in [1.54, 1.807) is 29.3 Å². The van der Waals surface area contributed by atoms with Crippen LogP contribution in [0.2, 0.25) is 0 Å². The monoisotopic (exact) mass is 241 g/mol. The number of hydrogen-bond acceptors (Lipinski definition) is 5.